The molecule has 1 heteroatoms. The predicted molar refractivity (Wildman–Crippen MR) is 56.5 cm³/mol. The van der Waals surface area contributed by atoms with E-state index in [-0.39, 0.29) is 0 Å². The summed E-state index contributed by atoms with van der Waals surface area (Å²) < 4.78 is 5.37. The number of allylic oxidation sites excluding steroid dienone is 5. The van der Waals surface area contributed by atoms with E-state index in [9.17, 15) is 0 Å². The summed E-state index contributed by atoms with van der Waals surface area (Å²) in [4.78, 5) is 0. The molecule has 1 rings (SSSR count). The monoisotopic (exact) mass is 178 g/mol. The van der Waals surface area contributed by atoms with E-state index in [0.29, 0.717) is 0 Å². The summed E-state index contributed by atoms with van der Waals surface area (Å²) >= 11 is 0. The van der Waals surface area contributed by atoms with Crippen LogP contribution in [0.4, 0.5) is 0 Å². The second kappa shape index (κ2) is 4.90. The molecule has 0 saturated carbocycles. The van der Waals surface area contributed by atoms with E-state index >= 15 is 0 Å². The zero-order valence-corrected chi connectivity index (χ0v) is 8.76. The molecule has 0 unspecified atom stereocenters. The Balaban J connectivity index is 2.96. The normalized spacial score (nSPS) is 17.0. The molecule has 0 amide bonds. The van der Waals surface area contributed by atoms with Gasteiger partial charge in [-0.05, 0) is 36.5 Å². The minimum absolute atomic E-state index is 1.03. The van der Waals surface area contributed by atoms with Crippen LogP contribution < -0.4 is 0 Å². The molecule has 0 spiro atoms. The van der Waals surface area contributed by atoms with Gasteiger partial charge >= 0.3 is 0 Å². The molecule has 1 nitrogen and oxygen atoms in total. The molecule has 0 fully saturated rings. The smallest absolute Gasteiger partial charge is 0.118 e. The molecule has 0 aliphatic heterocycles. The van der Waals surface area contributed by atoms with Crippen molar-refractivity contribution in [2.24, 2.45) is 0 Å². The van der Waals surface area contributed by atoms with Crippen molar-refractivity contribution in [3.63, 3.8) is 0 Å². The number of methoxy groups -OCH3 is 1. The number of rotatable bonds is 3. The van der Waals surface area contributed by atoms with Crippen LogP contribution in [0, 0.1) is 0 Å². The lowest BCUT2D eigenvalue weighted by Gasteiger charge is -2.06. The van der Waals surface area contributed by atoms with Crippen molar-refractivity contribution in [1.29, 1.82) is 0 Å². The molecule has 72 valence electrons. The molecule has 0 saturated heterocycles. The molecule has 0 aromatic carbocycles. The van der Waals surface area contributed by atoms with Crippen LogP contribution in [-0.4, -0.2) is 7.11 Å². The topological polar surface area (TPSA) is 9.23 Å². The van der Waals surface area contributed by atoms with Crippen LogP contribution in [0.1, 0.15) is 33.1 Å². The van der Waals surface area contributed by atoms with E-state index in [1.165, 1.54) is 11.1 Å². The molecule has 0 bridgehead atoms. The van der Waals surface area contributed by atoms with Crippen molar-refractivity contribution in [3.8, 4) is 0 Å². The third kappa shape index (κ3) is 2.48. The van der Waals surface area contributed by atoms with Gasteiger partial charge in [0.25, 0.3) is 0 Å². The van der Waals surface area contributed by atoms with Gasteiger partial charge in [0.05, 0.1) is 7.11 Å². The second-order valence-corrected chi connectivity index (χ2v) is 3.20. The average Bonchev–Trinajstić information content (AvgIpc) is 2.38. The third-order valence-corrected chi connectivity index (χ3v) is 2.42. The molecule has 0 aromatic heterocycles. The largest absolute Gasteiger partial charge is 0.497 e. The molecule has 0 radical (unpaired) electrons. The van der Waals surface area contributed by atoms with Crippen LogP contribution in [0.2, 0.25) is 0 Å². The molecule has 13 heavy (non-hydrogen) atoms. The Morgan fingerprint density at radius 2 is 2.08 bits per heavy atom. The standard InChI is InChI=1S/C12H18O/c1-4-10-7-6-8-11(5-2)12(9-10)13-3/h6-7,9H,4-5,8H2,1-3H3. The first kappa shape index (κ1) is 10.1. The fourth-order valence-electron chi connectivity index (χ4n) is 1.51. The molecule has 0 N–H and O–H groups in total. The van der Waals surface area contributed by atoms with Crippen molar-refractivity contribution in [3.05, 3.63) is 35.1 Å². The highest BCUT2D eigenvalue weighted by Crippen LogP contribution is 2.22. The molecule has 1 aliphatic rings. The molecule has 0 aromatic rings. The Morgan fingerprint density at radius 1 is 1.31 bits per heavy atom. The third-order valence-electron chi connectivity index (χ3n) is 2.42. The van der Waals surface area contributed by atoms with Gasteiger partial charge in [-0.1, -0.05) is 26.0 Å². The lowest BCUT2D eigenvalue weighted by Crippen LogP contribution is -1.90. The van der Waals surface area contributed by atoms with Crippen LogP contribution in [0.15, 0.2) is 35.1 Å². The van der Waals surface area contributed by atoms with E-state index in [2.05, 4.69) is 32.1 Å². The van der Waals surface area contributed by atoms with E-state index < -0.39 is 0 Å². The summed E-state index contributed by atoms with van der Waals surface area (Å²) in [5, 5.41) is 0. The summed E-state index contributed by atoms with van der Waals surface area (Å²) in [6, 6.07) is 0. The van der Waals surface area contributed by atoms with Crippen molar-refractivity contribution < 1.29 is 4.74 Å². The van der Waals surface area contributed by atoms with Gasteiger partial charge in [-0.2, -0.15) is 0 Å². The highest BCUT2D eigenvalue weighted by molar-refractivity contribution is 5.34. The number of ether oxygens (including phenoxy) is 1. The molecule has 0 atom stereocenters. The Bertz CT molecular complexity index is 256. The Kier molecular flexibility index (Phi) is 3.81. The number of hydrogen-bond acceptors (Lipinski definition) is 1. The maximum absolute atomic E-state index is 5.37. The Morgan fingerprint density at radius 3 is 2.62 bits per heavy atom. The van der Waals surface area contributed by atoms with Gasteiger partial charge < -0.3 is 4.74 Å². The fourth-order valence-corrected chi connectivity index (χ4v) is 1.51. The second-order valence-electron chi connectivity index (χ2n) is 3.20. The molecular weight excluding hydrogens is 160 g/mol. The summed E-state index contributed by atoms with van der Waals surface area (Å²) in [5.41, 5.74) is 2.74. The minimum Gasteiger partial charge on any atom is -0.497 e. The zero-order chi connectivity index (χ0) is 9.68. The summed E-state index contributed by atoms with van der Waals surface area (Å²) in [6.07, 6.45) is 9.74. The van der Waals surface area contributed by atoms with Gasteiger partial charge in [0, 0.05) is 0 Å². The summed E-state index contributed by atoms with van der Waals surface area (Å²) in [5.74, 6) is 1.06. The minimum atomic E-state index is 1.03. The molecule has 0 heterocycles. The van der Waals surface area contributed by atoms with Gasteiger partial charge in [0.15, 0.2) is 0 Å². The van der Waals surface area contributed by atoms with Crippen molar-refractivity contribution in [2.45, 2.75) is 33.1 Å². The quantitative estimate of drug-likeness (QED) is 0.641. The van der Waals surface area contributed by atoms with Crippen LogP contribution in [-0.2, 0) is 4.74 Å². The SMILES string of the molecule is CCC1=CC(OC)=C(CC)CC=C1. The van der Waals surface area contributed by atoms with Crippen LogP contribution >= 0.6 is 0 Å². The first-order valence-electron chi connectivity index (χ1n) is 4.94. The zero-order valence-electron chi connectivity index (χ0n) is 8.76. The van der Waals surface area contributed by atoms with Gasteiger partial charge in [-0.3, -0.25) is 0 Å². The van der Waals surface area contributed by atoms with E-state index in [1.54, 1.807) is 7.11 Å². The van der Waals surface area contributed by atoms with E-state index in [4.69, 9.17) is 4.74 Å². The summed E-state index contributed by atoms with van der Waals surface area (Å²) in [6.45, 7) is 4.34. The highest BCUT2D eigenvalue weighted by atomic mass is 16.5. The van der Waals surface area contributed by atoms with Gasteiger partial charge in [0.2, 0.25) is 0 Å². The van der Waals surface area contributed by atoms with Crippen molar-refractivity contribution in [2.75, 3.05) is 7.11 Å². The Hall–Kier alpha value is -0.980. The summed E-state index contributed by atoms with van der Waals surface area (Å²) in [7, 11) is 1.75. The van der Waals surface area contributed by atoms with Crippen LogP contribution in [0.5, 0.6) is 0 Å². The van der Waals surface area contributed by atoms with Crippen molar-refractivity contribution >= 4 is 0 Å². The molecule has 1 aliphatic carbocycles. The van der Waals surface area contributed by atoms with Gasteiger partial charge in [-0.25, -0.2) is 0 Å². The maximum atomic E-state index is 5.37. The first-order chi connectivity index (χ1) is 6.31. The molecular formula is C12H18O. The number of hydrogen-bond donors (Lipinski definition) is 0. The Labute approximate surface area is 80.8 Å². The van der Waals surface area contributed by atoms with Gasteiger partial charge in [-0.15, -0.1) is 0 Å². The van der Waals surface area contributed by atoms with Gasteiger partial charge in [0.1, 0.15) is 5.76 Å². The lowest BCUT2D eigenvalue weighted by atomic mass is 10.1. The predicted octanol–water partition coefficient (Wildman–Crippen LogP) is 3.59. The highest BCUT2D eigenvalue weighted by Gasteiger charge is 2.05. The average molecular weight is 178 g/mol. The first-order valence-corrected chi connectivity index (χ1v) is 4.94. The fraction of sp³-hybridized carbons (Fsp3) is 0.500. The van der Waals surface area contributed by atoms with Crippen molar-refractivity contribution in [1.82, 2.24) is 0 Å². The van der Waals surface area contributed by atoms with Crippen LogP contribution in [0.25, 0.3) is 0 Å². The lowest BCUT2D eigenvalue weighted by molar-refractivity contribution is 0.300. The van der Waals surface area contributed by atoms with E-state index in [0.717, 1.165) is 25.0 Å². The van der Waals surface area contributed by atoms with E-state index in [1.807, 2.05) is 0 Å². The van der Waals surface area contributed by atoms with Crippen LogP contribution in [0.3, 0.4) is 0 Å². The maximum Gasteiger partial charge on any atom is 0.118 e.